The fourth-order valence-electron chi connectivity index (χ4n) is 3.97. The molecule has 0 radical (unpaired) electrons. The highest BCUT2D eigenvalue weighted by atomic mass is 32.1. The summed E-state index contributed by atoms with van der Waals surface area (Å²) in [5, 5.41) is 6.20. The third kappa shape index (κ3) is 5.83. The molecule has 1 atom stereocenters. The molecule has 0 saturated carbocycles. The van der Waals surface area contributed by atoms with Gasteiger partial charge in [0, 0.05) is 40.1 Å². The third-order valence-corrected chi connectivity index (χ3v) is 6.68. The number of carbonyl (C=O) groups excluding carboxylic acids is 1. The Morgan fingerprint density at radius 2 is 1.97 bits per heavy atom. The summed E-state index contributed by atoms with van der Waals surface area (Å²) in [5.41, 5.74) is 5.22. The number of benzene rings is 2. The van der Waals surface area contributed by atoms with Crippen LogP contribution in [0.4, 0.5) is 0 Å². The van der Waals surface area contributed by atoms with E-state index in [2.05, 4.69) is 58.8 Å². The lowest BCUT2D eigenvalue weighted by Crippen LogP contribution is -2.33. The van der Waals surface area contributed by atoms with E-state index in [0.29, 0.717) is 12.1 Å². The summed E-state index contributed by atoms with van der Waals surface area (Å²) in [5.74, 6) is 0.730. The molecular weight excluding hydrogens is 430 g/mol. The van der Waals surface area contributed by atoms with Gasteiger partial charge in [-0.1, -0.05) is 18.2 Å². The molecule has 2 heterocycles. The first-order valence-corrected chi connectivity index (χ1v) is 12.1. The van der Waals surface area contributed by atoms with Crippen molar-refractivity contribution < 1.29 is 9.53 Å². The van der Waals surface area contributed by atoms with Crippen LogP contribution in [0.1, 0.15) is 39.0 Å². The van der Waals surface area contributed by atoms with Gasteiger partial charge in [0.2, 0.25) is 0 Å². The Morgan fingerprint density at radius 1 is 1.12 bits per heavy atom. The fraction of sp³-hybridized carbons (Fsp3) is 0.296. The number of fused-ring (bicyclic) bond motifs is 1. The second-order valence-electron chi connectivity index (χ2n) is 8.67. The molecule has 1 amide bonds. The van der Waals surface area contributed by atoms with Crippen molar-refractivity contribution in [3.05, 3.63) is 87.2 Å². The number of rotatable bonds is 9. The molecule has 4 aromatic rings. The Kier molecular flexibility index (Phi) is 7.16. The van der Waals surface area contributed by atoms with Gasteiger partial charge in [0.1, 0.15) is 11.9 Å². The van der Waals surface area contributed by atoms with E-state index in [1.54, 1.807) is 11.3 Å². The quantitative estimate of drug-likeness (QED) is 0.337. The summed E-state index contributed by atoms with van der Waals surface area (Å²) in [7, 11) is 2.12. The van der Waals surface area contributed by atoms with Crippen LogP contribution in [0.3, 0.4) is 0 Å². The van der Waals surface area contributed by atoms with Crippen LogP contribution in [0.5, 0.6) is 5.75 Å². The molecule has 2 aromatic heterocycles. The number of thiophene rings is 1. The van der Waals surface area contributed by atoms with Crippen molar-refractivity contribution in [3.63, 3.8) is 0 Å². The Bertz CT molecular complexity index is 1230. The maximum absolute atomic E-state index is 12.7. The maximum atomic E-state index is 12.7. The molecule has 5 nitrogen and oxygen atoms in total. The molecule has 172 valence electrons. The first-order valence-electron chi connectivity index (χ1n) is 11.2. The Balaban J connectivity index is 1.30. The number of ether oxygens (including phenoxy) is 1. The molecule has 2 aromatic carbocycles. The van der Waals surface area contributed by atoms with E-state index in [1.807, 2.05) is 44.2 Å². The zero-order valence-electron chi connectivity index (χ0n) is 19.6. The zero-order valence-corrected chi connectivity index (χ0v) is 20.5. The van der Waals surface area contributed by atoms with E-state index in [4.69, 9.17) is 4.74 Å². The van der Waals surface area contributed by atoms with E-state index >= 15 is 0 Å². The van der Waals surface area contributed by atoms with Crippen molar-refractivity contribution in [1.82, 2.24) is 15.2 Å². The predicted octanol–water partition coefficient (Wildman–Crippen LogP) is 5.68. The Hall–Kier alpha value is -3.09. The smallest absolute Gasteiger partial charge is 0.251 e. The van der Waals surface area contributed by atoms with Crippen LogP contribution in [-0.4, -0.2) is 35.5 Å². The highest BCUT2D eigenvalue weighted by Crippen LogP contribution is 2.22. The zero-order chi connectivity index (χ0) is 23.4. The average Bonchev–Trinajstić information content (AvgIpc) is 3.39. The lowest BCUT2D eigenvalue weighted by molar-refractivity contribution is 0.0932. The first-order chi connectivity index (χ1) is 15.9. The molecule has 6 heteroatoms. The standard InChI is InChI=1S/C27H31N3O2S/c1-18(15-28-27(31)22-10-11-26-25(14-22)19(2)20(3)29-26)32-23-8-5-7-21(13-23)16-30(4)17-24-9-6-12-33-24/h5-14,18,29H,15-17H2,1-4H3,(H,28,31)/t18-/m1/s1. The summed E-state index contributed by atoms with van der Waals surface area (Å²) in [6.45, 7) is 8.30. The van der Waals surface area contributed by atoms with Gasteiger partial charge in [-0.3, -0.25) is 9.69 Å². The number of hydrogen-bond acceptors (Lipinski definition) is 4. The molecular formula is C27H31N3O2S. The van der Waals surface area contributed by atoms with Crippen molar-refractivity contribution in [1.29, 1.82) is 0 Å². The topological polar surface area (TPSA) is 57.4 Å². The highest BCUT2D eigenvalue weighted by molar-refractivity contribution is 7.09. The minimum absolute atomic E-state index is 0.0884. The molecule has 33 heavy (non-hydrogen) atoms. The van der Waals surface area contributed by atoms with Crippen molar-refractivity contribution in [2.45, 2.75) is 40.0 Å². The largest absolute Gasteiger partial charge is 0.489 e. The minimum Gasteiger partial charge on any atom is -0.489 e. The molecule has 2 N–H and O–H groups in total. The molecule has 0 aliphatic heterocycles. The van der Waals surface area contributed by atoms with Gasteiger partial charge in [-0.2, -0.15) is 0 Å². The number of aromatic amines is 1. The number of nitrogens with zero attached hydrogens (tertiary/aromatic N) is 1. The van der Waals surface area contributed by atoms with E-state index in [0.717, 1.165) is 35.4 Å². The van der Waals surface area contributed by atoms with E-state index < -0.39 is 0 Å². The number of hydrogen-bond donors (Lipinski definition) is 2. The lowest BCUT2D eigenvalue weighted by Gasteiger charge is -2.18. The van der Waals surface area contributed by atoms with Gasteiger partial charge in [0.25, 0.3) is 5.91 Å². The number of carbonyl (C=O) groups is 1. The molecule has 0 unspecified atom stereocenters. The van der Waals surface area contributed by atoms with Crippen molar-refractivity contribution >= 4 is 28.1 Å². The predicted molar refractivity (Wildman–Crippen MR) is 136 cm³/mol. The van der Waals surface area contributed by atoms with Gasteiger partial charge in [-0.25, -0.2) is 0 Å². The molecule has 0 aliphatic carbocycles. The van der Waals surface area contributed by atoms with Crippen LogP contribution in [0, 0.1) is 13.8 Å². The second-order valence-corrected chi connectivity index (χ2v) is 9.71. The number of H-pyrrole nitrogens is 1. The summed E-state index contributed by atoms with van der Waals surface area (Å²) in [4.78, 5) is 19.7. The SMILES string of the molecule is Cc1[nH]c2ccc(C(=O)NC[C@@H](C)Oc3cccc(CN(C)Cc4cccs4)c3)cc2c1C. The van der Waals surface area contributed by atoms with Gasteiger partial charge in [0.05, 0.1) is 6.54 Å². The van der Waals surface area contributed by atoms with Gasteiger partial charge >= 0.3 is 0 Å². The summed E-state index contributed by atoms with van der Waals surface area (Å²) >= 11 is 1.78. The van der Waals surface area contributed by atoms with Crippen LogP contribution >= 0.6 is 11.3 Å². The minimum atomic E-state index is -0.145. The highest BCUT2D eigenvalue weighted by Gasteiger charge is 2.12. The van der Waals surface area contributed by atoms with Gasteiger partial charge < -0.3 is 15.0 Å². The number of aryl methyl sites for hydroxylation is 2. The van der Waals surface area contributed by atoms with E-state index in [-0.39, 0.29) is 12.0 Å². The molecule has 0 saturated heterocycles. The second kappa shape index (κ2) is 10.2. The van der Waals surface area contributed by atoms with Crippen LogP contribution in [0.15, 0.2) is 60.0 Å². The normalized spacial score (nSPS) is 12.3. The summed E-state index contributed by atoms with van der Waals surface area (Å²) in [6.07, 6.45) is -0.145. The van der Waals surface area contributed by atoms with Gasteiger partial charge in [-0.15, -0.1) is 11.3 Å². The van der Waals surface area contributed by atoms with Crippen molar-refractivity contribution in [3.8, 4) is 5.75 Å². The van der Waals surface area contributed by atoms with Crippen molar-refractivity contribution in [2.75, 3.05) is 13.6 Å². The third-order valence-electron chi connectivity index (χ3n) is 5.81. The molecule has 0 bridgehead atoms. The molecule has 0 aliphatic rings. The summed E-state index contributed by atoms with van der Waals surface area (Å²) < 4.78 is 6.09. The number of nitrogens with one attached hydrogen (secondary N) is 2. The Morgan fingerprint density at radius 3 is 2.76 bits per heavy atom. The van der Waals surface area contributed by atoms with Crippen LogP contribution in [0.25, 0.3) is 10.9 Å². The average molecular weight is 462 g/mol. The monoisotopic (exact) mass is 461 g/mol. The summed E-state index contributed by atoms with van der Waals surface area (Å²) in [6, 6.07) is 18.2. The van der Waals surface area contributed by atoms with Crippen LogP contribution < -0.4 is 10.1 Å². The number of aromatic nitrogens is 1. The maximum Gasteiger partial charge on any atom is 0.251 e. The molecule has 4 rings (SSSR count). The fourth-order valence-corrected chi connectivity index (χ4v) is 4.75. The van der Waals surface area contributed by atoms with E-state index in [1.165, 1.54) is 16.0 Å². The molecule has 0 spiro atoms. The van der Waals surface area contributed by atoms with Crippen LogP contribution in [-0.2, 0) is 13.1 Å². The van der Waals surface area contributed by atoms with Crippen LogP contribution in [0.2, 0.25) is 0 Å². The Labute approximate surface area is 199 Å². The van der Waals surface area contributed by atoms with Gasteiger partial charge in [0.15, 0.2) is 0 Å². The lowest BCUT2D eigenvalue weighted by atomic mass is 10.1. The first kappa shape index (κ1) is 23.1. The van der Waals surface area contributed by atoms with E-state index in [9.17, 15) is 4.79 Å². The van der Waals surface area contributed by atoms with Gasteiger partial charge in [-0.05, 0) is 80.7 Å². The van der Waals surface area contributed by atoms with Crippen molar-refractivity contribution in [2.24, 2.45) is 0 Å². The molecule has 0 fully saturated rings. The number of amides is 1.